The smallest absolute Gasteiger partial charge is 0.123 e. The zero-order valence-electron chi connectivity index (χ0n) is 11.5. The fourth-order valence-corrected chi connectivity index (χ4v) is 2.59. The Hall–Kier alpha value is -1.39. The van der Waals surface area contributed by atoms with Gasteiger partial charge in [-0.05, 0) is 36.8 Å². The van der Waals surface area contributed by atoms with E-state index in [-0.39, 0.29) is 5.82 Å². The van der Waals surface area contributed by atoms with E-state index in [0.717, 1.165) is 15.7 Å². The van der Waals surface area contributed by atoms with Gasteiger partial charge in [-0.15, -0.1) is 0 Å². The summed E-state index contributed by atoms with van der Waals surface area (Å²) in [6.45, 7) is 2.32. The molecule has 0 saturated carbocycles. The zero-order chi connectivity index (χ0) is 14.7. The van der Waals surface area contributed by atoms with Crippen molar-refractivity contribution in [1.82, 2.24) is 0 Å². The Morgan fingerprint density at radius 1 is 1.25 bits per heavy atom. The van der Waals surface area contributed by atoms with Crippen LogP contribution in [0.3, 0.4) is 0 Å². The fourth-order valence-electron chi connectivity index (χ4n) is 2.17. The number of aliphatic hydroxyl groups excluding tert-OH is 1. The Morgan fingerprint density at radius 3 is 2.60 bits per heavy atom. The highest BCUT2D eigenvalue weighted by Crippen LogP contribution is 2.28. The summed E-state index contributed by atoms with van der Waals surface area (Å²) in [5.74, 6) is -0.334. The first kappa shape index (κ1) is 15.0. The monoisotopic (exact) mass is 337 g/mol. The Bertz CT molecular complexity index is 601. The predicted molar refractivity (Wildman–Crippen MR) is 83.3 cm³/mol. The molecule has 1 atom stereocenters. The molecule has 0 aliphatic carbocycles. The molecular weight excluding hydrogens is 321 g/mol. The highest BCUT2D eigenvalue weighted by atomic mass is 79.9. The first-order valence-electron chi connectivity index (χ1n) is 6.41. The van der Waals surface area contributed by atoms with E-state index in [2.05, 4.69) is 15.9 Å². The molecule has 2 aromatic carbocycles. The molecule has 2 rings (SSSR count). The zero-order valence-corrected chi connectivity index (χ0v) is 13.1. The Morgan fingerprint density at radius 2 is 1.95 bits per heavy atom. The largest absolute Gasteiger partial charge is 0.389 e. The van der Waals surface area contributed by atoms with Crippen molar-refractivity contribution >= 4 is 21.6 Å². The number of aliphatic hydroxyl groups is 1. The molecule has 0 saturated heterocycles. The molecule has 0 heterocycles. The van der Waals surface area contributed by atoms with Gasteiger partial charge in [0.1, 0.15) is 5.82 Å². The van der Waals surface area contributed by atoms with E-state index < -0.39 is 6.10 Å². The summed E-state index contributed by atoms with van der Waals surface area (Å²) in [5, 5.41) is 9.80. The van der Waals surface area contributed by atoms with Gasteiger partial charge in [0.15, 0.2) is 0 Å². The molecule has 0 aliphatic heterocycles. The molecule has 106 valence electrons. The molecule has 20 heavy (non-hydrogen) atoms. The van der Waals surface area contributed by atoms with Crippen LogP contribution in [0.25, 0.3) is 0 Å². The SMILES string of the molecule is C[C@@H](O)c1cc(F)ccc1N(C)Cc1ccccc1Br. The van der Waals surface area contributed by atoms with E-state index in [1.54, 1.807) is 13.0 Å². The van der Waals surface area contributed by atoms with Gasteiger partial charge >= 0.3 is 0 Å². The molecule has 0 spiro atoms. The highest BCUT2D eigenvalue weighted by Gasteiger charge is 2.13. The molecular formula is C16H17BrFNO. The third-order valence-corrected chi connectivity index (χ3v) is 3.99. The maximum absolute atomic E-state index is 13.3. The van der Waals surface area contributed by atoms with Crippen LogP contribution in [-0.4, -0.2) is 12.2 Å². The summed E-state index contributed by atoms with van der Waals surface area (Å²) in [7, 11) is 1.93. The normalized spacial score (nSPS) is 12.2. The summed E-state index contributed by atoms with van der Waals surface area (Å²) < 4.78 is 14.4. The quantitative estimate of drug-likeness (QED) is 0.900. The van der Waals surface area contributed by atoms with Crippen LogP contribution in [0.4, 0.5) is 10.1 Å². The number of nitrogens with zero attached hydrogens (tertiary/aromatic N) is 1. The van der Waals surface area contributed by atoms with Gasteiger partial charge in [-0.25, -0.2) is 4.39 Å². The van der Waals surface area contributed by atoms with Crippen LogP contribution in [0.1, 0.15) is 24.2 Å². The molecule has 0 aliphatic rings. The van der Waals surface area contributed by atoms with Gasteiger partial charge < -0.3 is 10.0 Å². The second-order valence-corrected chi connectivity index (χ2v) is 5.68. The van der Waals surface area contributed by atoms with Gasteiger partial charge in [0, 0.05) is 29.3 Å². The minimum atomic E-state index is -0.706. The average molecular weight is 338 g/mol. The van der Waals surface area contributed by atoms with Crippen molar-refractivity contribution < 1.29 is 9.50 Å². The minimum Gasteiger partial charge on any atom is -0.389 e. The van der Waals surface area contributed by atoms with E-state index in [4.69, 9.17) is 0 Å². The molecule has 2 nitrogen and oxygen atoms in total. The summed E-state index contributed by atoms with van der Waals surface area (Å²) >= 11 is 3.52. The number of rotatable bonds is 4. The van der Waals surface area contributed by atoms with E-state index in [1.807, 2.05) is 36.2 Å². The first-order valence-corrected chi connectivity index (χ1v) is 7.20. The van der Waals surface area contributed by atoms with Crippen LogP contribution in [0.15, 0.2) is 46.9 Å². The fraction of sp³-hybridized carbons (Fsp3) is 0.250. The lowest BCUT2D eigenvalue weighted by Gasteiger charge is -2.24. The van der Waals surface area contributed by atoms with E-state index in [0.29, 0.717) is 12.1 Å². The highest BCUT2D eigenvalue weighted by molar-refractivity contribution is 9.10. The van der Waals surface area contributed by atoms with Gasteiger partial charge in [-0.3, -0.25) is 0 Å². The number of hydrogen-bond acceptors (Lipinski definition) is 2. The van der Waals surface area contributed by atoms with E-state index in [9.17, 15) is 9.50 Å². The van der Waals surface area contributed by atoms with Gasteiger partial charge in [-0.2, -0.15) is 0 Å². The van der Waals surface area contributed by atoms with Crippen LogP contribution >= 0.6 is 15.9 Å². The summed E-state index contributed by atoms with van der Waals surface area (Å²) in [5.41, 5.74) is 2.56. The molecule has 0 amide bonds. The van der Waals surface area contributed by atoms with Crippen molar-refractivity contribution in [2.75, 3.05) is 11.9 Å². The third-order valence-electron chi connectivity index (χ3n) is 3.22. The number of benzene rings is 2. The Kier molecular flexibility index (Phi) is 4.78. The molecule has 0 fully saturated rings. The Balaban J connectivity index is 2.30. The maximum atomic E-state index is 13.3. The van der Waals surface area contributed by atoms with Gasteiger partial charge in [0.25, 0.3) is 0 Å². The van der Waals surface area contributed by atoms with Gasteiger partial charge in [-0.1, -0.05) is 34.1 Å². The number of hydrogen-bond donors (Lipinski definition) is 1. The van der Waals surface area contributed by atoms with Crippen LogP contribution in [0.5, 0.6) is 0 Å². The average Bonchev–Trinajstić information content (AvgIpc) is 2.41. The molecule has 0 aromatic heterocycles. The lowest BCUT2D eigenvalue weighted by Crippen LogP contribution is -2.19. The van der Waals surface area contributed by atoms with Crippen molar-refractivity contribution in [3.63, 3.8) is 0 Å². The van der Waals surface area contributed by atoms with Crippen LogP contribution in [0, 0.1) is 5.82 Å². The molecule has 2 aromatic rings. The first-order chi connectivity index (χ1) is 9.49. The number of halogens is 2. The summed E-state index contributed by atoms with van der Waals surface area (Å²) in [6, 6.07) is 12.5. The lowest BCUT2D eigenvalue weighted by atomic mass is 10.1. The van der Waals surface area contributed by atoms with Crippen LogP contribution < -0.4 is 4.90 Å². The molecule has 4 heteroatoms. The van der Waals surface area contributed by atoms with E-state index >= 15 is 0 Å². The summed E-state index contributed by atoms with van der Waals surface area (Å²) in [6.07, 6.45) is -0.706. The molecule has 0 unspecified atom stereocenters. The third kappa shape index (κ3) is 3.38. The van der Waals surface area contributed by atoms with Crippen molar-refractivity contribution in [3.8, 4) is 0 Å². The lowest BCUT2D eigenvalue weighted by molar-refractivity contribution is 0.199. The van der Waals surface area contributed by atoms with Crippen molar-refractivity contribution in [2.24, 2.45) is 0 Å². The Labute approximate surface area is 127 Å². The van der Waals surface area contributed by atoms with E-state index in [1.165, 1.54) is 12.1 Å². The van der Waals surface area contributed by atoms with Crippen LogP contribution in [-0.2, 0) is 6.54 Å². The van der Waals surface area contributed by atoms with Crippen molar-refractivity contribution in [2.45, 2.75) is 19.6 Å². The van der Waals surface area contributed by atoms with Gasteiger partial charge in [0.2, 0.25) is 0 Å². The predicted octanol–water partition coefficient (Wildman–Crippen LogP) is 4.28. The molecule has 0 bridgehead atoms. The number of anilines is 1. The molecule has 1 N–H and O–H groups in total. The van der Waals surface area contributed by atoms with Crippen molar-refractivity contribution in [1.29, 1.82) is 0 Å². The second-order valence-electron chi connectivity index (χ2n) is 4.83. The maximum Gasteiger partial charge on any atom is 0.123 e. The minimum absolute atomic E-state index is 0.334. The standard InChI is InChI=1S/C16H17BrFNO/c1-11(20)14-9-13(18)7-8-16(14)19(2)10-12-5-3-4-6-15(12)17/h3-9,11,20H,10H2,1-2H3/t11-/m1/s1. The summed E-state index contributed by atoms with van der Waals surface area (Å²) in [4.78, 5) is 2.00. The van der Waals surface area contributed by atoms with Crippen LogP contribution in [0.2, 0.25) is 0 Å². The molecule has 0 radical (unpaired) electrons. The van der Waals surface area contributed by atoms with Gasteiger partial charge in [0.05, 0.1) is 6.10 Å². The van der Waals surface area contributed by atoms with Crippen molar-refractivity contribution in [3.05, 3.63) is 63.9 Å². The topological polar surface area (TPSA) is 23.5 Å². The second kappa shape index (κ2) is 6.37.